The van der Waals surface area contributed by atoms with Crippen LogP contribution in [0.25, 0.3) is 5.82 Å². The van der Waals surface area contributed by atoms with E-state index in [0.717, 1.165) is 17.3 Å². The molecule has 0 saturated carbocycles. The zero-order valence-electron chi connectivity index (χ0n) is 11.1. The minimum absolute atomic E-state index is 0.00714. The molecule has 3 heterocycles. The summed E-state index contributed by atoms with van der Waals surface area (Å²) in [5.41, 5.74) is 0.962. The second-order valence-electron chi connectivity index (χ2n) is 4.49. The third-order valence-electron chi connectivity index (χ3n) is 3.09. The molecule has 0 aromatic carbocycles. The van der Waals surface area contributed by atoms with Crippen LogP contribution in [0.2, 0.25) is 0 Å². The highest BCUT2D eigenvalue weighted by atomic mass is 15.4. The predicted octanol–water partition coefficient (Wildman–Crippen LogP) is 1.12. The zero-order valence-corrected chi connectivity index (χ0v) is 11.1. The lowest BCUT2D eigenvalue weighted by atomic mass is 10.3. The molecule has 19 heavy (non-hydrogen) atoms. The van der Waals surface area contributed by atoms with E-state index in [2.05, 4.69) is 20.4 Å². The lowest BCUT2D eigenvalue weighted by molar-refractivity contribution is 0.523. The van der Waals surface area contributed by atoms with Gasteiger partial charge in [-0.2, -0.15) is 10.2 Å². The molecule has 7 nitrogen and oxygen atoms in total. The smallest absolute Gasteiger partial charge is 0.163 e. The standard InChI is InChI=1S/C12H15N7/c1-9-7-11(17(3)16-9)18-8-13-15-12(18)10(2)19-6-4-5-14-19/h4-8,10H,1-3H3/t10-/m1/s1. The van der Waals surface area contributed by atoms with E-state index in [9.17, 15) is 0 Å². The Morgan fingerprint density at radius 2 is 2.16 bits per heavy atom. The number of aromatic nitrogens is 7. The highest BCUT2D eigenvalue weighted by Crippen LogP contribution is 2.18. The highest BCUT2D eigenvalue weighted by Gasteiger charge is 2.18. The van der Waals surface area contributed by atoms with Gasteiger partial charge in [-0.05, 0) is 19.9 Å². The molecule has 3 aromatic heterocycles. The molecule has 0 fully saturated rings. The van der Waals surface area contributed by atoms with Gasteiger partial charge in [0.25, 0.3) is 0 Å². The summed E-state index contributed by atoms with van der Waals surface area (Å²) in [6.45, 7) is 4.00. The van der Waals surface area contributed by atoms with Gasteiger partial charge in [0.2, 0.25) is 0 Å². The van der Waals surface area contributed by atoms with E-state index < -0.39 is 0 Å². The molecule has 0 aliphatic rings. The third kappa shape index (κ3) is 1.92. The van der Waals surface area contributed by atoms with Crippen LogP contribution in [0.5, 0.6) is 0 Å². The zero-order chi connectivity index (χ0) is 13.4. The van der Waals surface area contributed by atoms with E-state index in [1.807, 2.05) is 53.2 Å². The van der Waals surface area contributed by atoms with Crippen LogP contribution in [-0.4, -0.2) is 34.3 Å². The Balaban J connectivity index is 2.06. The van der Waals surface area contributed by atoms with Gasteiger partial charge in [-0.25, -0.2) is 0 Å². The van der Waals surface area contributed by atoms with E-state index in [-0.39, 0.29) is 6.04 Å². The number of rotatable bonds is 3. The summed E-state index contributed by atoms with van der Waals surface area (Å²) >= 11 is 0. The van der Waals surface area contributed by atoms with E-state index >= 15 is 0 Å². The van der Waals surface area contributed by atoms with Gasteiger partial charge in [0, 0.05) is 25.5 Å². The minimum Gasteiger partial charge on any atom is -0.268 e. The maximum Gasteiger partial charge on any atom is 0.163 e. The predicted molar refractivity (Wildman–Crippen MR) is 68.9 cm³/mol. The van der Waals surface area contributed by atoms with Gasteiger partial charge in [0.1, 0.15) is 18.2 Å². The summed E-state index contributed by atoms with van der Waals surface area (Å²) in [4.78, 5) is 0. The molecule has 0 N–H and O–H groups in total. The van der Waals surface area contributed by atoms with Crippen molar-refractivity contribution < 1.29 is 0 Å². The molecule has 0 bridgehead atoms. The van der Waals surface area contributed by atoms with Crippen LogP contribution in [-0.2, 0) is 7.05 Å². The summed E-state index contributed by atoms with van der Waals surface area (Å²) in [6, 6.07) is 3.90. The SMILES string of the molecule is Cc1cc(-n2cnnc2[C@@H](C)n2cccn2)n(C)n1. The van der Waals surface area contributed by atoms with Crippen LogP contribution in [0, 0.1) is 6.92 Å². The molecule has 3 rings (SSSR count). The van der Waals surface area contributed by atoms with Gasteiger partial charge >= 0.3 is 0 Å². The quantitative estimate of drug-likeness (QED) is 0.705. The van der Waals surface area contributed by atoms with Crippen molar-refractivity contribution in [2.75, 3.05) is 0 Å². The fraction of sp³-hybridized carbons (Fsp3) is 0.333. The molecule has 0 spiro atoms. The topological polar surface area (TPSA) is 66.3 Å². The number of nitrogens with zero attached hydrogens (tertiary/aromatic N) is 7. The third-order valence-corrected chi connectivity index (χ3v) is 3.09. The van der Waals surface area contributed by atoms with Crippen molar-refractivity contribution in [2.24, 2.45) is 7.05 Å². The van der Waals surface area contributed by atoms with Crippen molar-refractivity contribution in [3.05, 3.63) is 42.4 Å². The number of hydrogen-bond acceptors (Lipinski definition) is 4. The summed E-state index contributed by atoms with van der Waals surface area (Å²) in [6.07, 6.45) is 5.37. The molecule has 7 heteroatoms. The molecule has 0 unspecified atom stereocenters. The monoisotopic (exact) mass is 257 g/mol. The van der Waals surface area contributed by atoms with Crippen molar-refractivity contribution >= 4 is 0 Å². The number of aryl methyl sites for hydroxylation is 2. The fourth-order valence-corrected chi connectivity index (χ4v) is 2.16. The van der Waals surface area contributed by atoms with Crippen molar-refractivity contribution in [2.45, 2.75) is 19.9 Å². The maximum absolute atomic E-state index is 4.35. The fourth-order valence-electron chi connectivity index (χ4n) is 2.16. The molecule has 0 aliphatic heterocycles. The lowest BCUT2D eigenvalue weighted by Gasteiger charge is -2.13. The average Bonchev–Trinajstić information content (AvgIpc) is 3.08. The van der Waals surface area contributed by atoms with Gasteiger partial charge in [-0.3, -0.25) is 13.9 Å². The van der Waals surface area contributed by atoms with Gasteiger partial charge in [0.05, 0.1) is 5.69 Å². The summed E-state index contributed by atoms with van der Waals surface area (Å²) in [5, 5.41) is 16.8. The van der Waals surface area contributed by atoms with Crippen LogP contribution in [0.3, 0.4) is 0 Å². The van der Waals surface area contributed by atoms with E-state index in [1.165, 1.54) is 0 Å². The van der Waals surface area contributed by atoms with Crippen LogP contribution >= 0.6 is 0 Å². The van der Waals surface area contributed by atoms with Gasteiger partial charge < -0.3 is 0 Å². The van der Waals surface area contributed by atoms with E-state index in [1.54, 1.807) is 12.5 Å². The summed E-state index contributed by atoms with van der Waals surface area (Å²) in [5.74, 6) is 1.77. The average molecular weight is 257 g/mol. The lowest BCUT2D eigenvalue weighted by Crippen LogP contribution is -2.14. The highest BCUT2D eigenvalue weighted by molar-refractivity contribution is 5.27. The second kappa shape index (κ2) is 4.34. The molecular weight excluding hydrogens is 242 g/mol. The minimum atomic E-state index is 0.00714. The Bertz CT molecular complexity index is 677. The normalized spacial score (nSPS) is 12.8. The van der Waals surface area contributed by atoms with Gasteiger partial charge in [0.15, 0.2) is 5.82 Å². The molecular formula is C12H15N7. The van der Waals surface area contributed by atoms with Crippen molar-refractivity contribution in [3.63, 3.8) is 0 Å². The van der Waals surface area contributed by atoms with E-state index in [4.69, 9.17) is 0 Å². The van der Waals surface area contributed by atoms with E-state index in [0.29, 0.717) is 0 Å². The molecule has 3 aromatic rings. The Kier molecular flexibility index (Phi) is 2.66. The van der Waals surface area contributed by atoms with Crippen molar-refractivity contribution in [3.8, 4) is 5.82 Å². The number of hydrogen-bond donors (Lipinski definition) is 0. The van der Waals surface area contributed by atoms with Gasteiger partial charge in [-0.1, -0.05) is 0 Å². The Labute approximate surface area is 110 Å². The first-order valence-electron chi connectivity index (χ1n) is 6.07. The first kappa shape index (κ1) is 11.6. The van der Waals surface area contributed by atoms with Crippen LogP contribution in [0.15, 0.2) is 30.9 Å². The molecule has 0 saturated heterocycles. The van der Waals surface area contributed by atoms with Crippen LogP contribution in [0.4, 0.5) is 0 Å². The second-order valence-corrected chi connectivity index (χ2v) is 4.49. The molecule has 0 aliphatic carbocycles. The summed E-state index contributed by atoms with van der Waals surface area (Å²) < 4.78 is 5.61. The Morgan fingerprint density at radius 1 is 1.32 bits per heavy atom. The molecule has 1 atom stereocenters. The molecule has 98 valence electrons. The van der Waals surface area contributed by atoms with Crippen molar-refractivity contribution in [1.29, 1.82) is 0 Å². The Hall–Kier alpha value is -2.44. The van der Waals surface area contributed by atoms with Crippen molar-refractivity contribution in [1.82, 2.24) is 34.3 Å². The summed E-state index contributed by atoms with van der Waals surface area (Å²) in [7, 11) is 1.91. The van der Waals surface area contributed by atoms with Crippen LogP contribution in [0.1, 0.15) is 24.5 Å². The van der Waals surface area contributed by atoms with Gasteiger partial charge in [-0.15, -0.1) is 10.2 Å². The van der Waals surface area contributed by atoms with Crippen LogP contribution < -0.4 is 0 Å². The Morgan fingerprint density at radius 3 is 2.79 bits per heavy atom. The first-order chi connectivity index (χ1) is 9.16. The first-order valence-corrected chi connectivity index (χ1v) is 6.07. The molecule has 0 radical (unpaired) electrons. The molecule has 0 amide bonds. The maximum atomic E-state index is 4.35. The largest absolute Gasteiger partial charge is 0.268 e.